The zero-order valence-corrected chi connectivity index (χ0v) is 18.0. The van der Waals surface area contributed by atoms with Gasteiger partial charge in [0.25, 0.3) is 0 Å². The lowest BCUT2D eigenvalue weighted by atomic mass is 10.1. The van der Waals surface area contributed by atoms with Crippen molar-refractivity contribution in [2.24, 2.45) is 0 Å². The molecule has 0 unspecified atom stereocenters. The average Bonchev–Trinajstić information content (AvgIpc) is 3.24. The fraction of sp³-hybridized carbons (Fsp3) is 0.409. The van der Waals surface area contributed by atoms with E-state index in [1.54, 1.807) is 18.4 Å². The van der Waals surface area contributed by atoms with Crippen LogP contribution in [0.4, 0.5) is 0 Å². The summed E-state index contributed by atoms with van der Waals surface area (Å²) in [5, 5.41) is 0.894. The van der Waals surface area contributed by atoms with Crippen LogP contribution in [0.2, 0.25) is 0 Å². The standard InChI is InChI=1S/C22H26N2O4S/c1-14-11-17(16(3)24(14)15(2)12-27-4)19(25)13-28-22(26)10-9-21-23-18-7-5-6-8-20(18)29-21/h5-8,11,15H,9-10,12-13H2,1-4H3/t15-/m1/s1. The smallest absolute Gasteiger partial charge is 0.306 e. The number of rotatable bonds is 9. The predicted octanol–water partition coefficient (Wildman–Crippen LogP) is 4.28. The molecule has 0 aliphatic rings. The Kier molecular flexibility index (Phi) is 6.82. The van der Waals surface area contributed by atoms with Gasteiger partial charge >= 0.3 is 5.97 Å². The molecule has 2 heterocycles. The van der Waals surface area contributed by atoms with E-state index in [2.05, 4.69) is 9.55 Å². The summed E-state index contributed by atoms with van der Waals surface area (Å²) in [4.78, 5) is 29.2. The van der Waals surface area contributed by atoms with Gasteiger partial charge in [-0.1, -0.05) is 12.1 Å². The molecule has 1 atom stereocenters. The Balaban J connectivity index is 1.54. The Hall–Kier alpha value is -2.51. The SMILES string of the molecule is COC[C@@H](C)n1c(C)cc(C(=O)COC(=O)CCc2nc3ccccc3s2)c1C. The van der Waals surface area contributed by atoms with Gasteiger partial charge in [-0.3, -0.25) is 9.59 Å². The molecule has 2 aromatic heterocycles. The number of aryl methyl sites for hydroxylation is 2. The van der Waals surface area contributed by atoms with Crippen molar-refractivity contribution in [1.82, 2.24) is 9.55 Å². The van der Waals surface area contributed by atoms with Crippen molar-refractivity contribution in [3.63, 3.8) is 0 Å². The normalized spacial score (nSPS) is 12.3. The van der Waals surface area contributed by atoms with Crippen molar-refractivity contribution in [3.05, 3.63) is 52.3 Å². The minimum absolute atomic E-state index is 0.123. The van der Waals surface area contributed by atoms with Crippen molar-refractivity contribution in [2.45, 2.75) is 39.7 Å². The van der Waals surface area contributed by atoms with E-state index in [0.29, 0.717) is 18.6 Å². The van der Waals surface area contributed by atoms with Crippen LogP contribution in [-0.2, 0) is 20.7 Å². The van der Waals surface area contributed by atoms with Gasteiger partial charge in [0.2, 0.25) is 5.78 Å². The first-order valence-electron chi connectivity index (χ1n) is 9.61. The largest absolute Gasteiger partial charge is 0.457 e. The minimum atomic E-state index is -0.390. The van der Waals surface area contributed by atoms with E-state index in [4.69, 9.17) is 9.47 Å². The molecule has 6 nitrogen and oxygen atoms in total. The Morgan fingerprint density at radius 3 is 2.72 bits per heavy atom. The van der Waals surface area contributed by atoms with Crippen LogP contribution in [0, 0.1) is 13.8 Å². The average molecular weight is 415 g/mol. The van der Waals surface area contributed by atoms with Gasteiger partial charge in [0.1, 0.15) is 0 Å². The molecule has 3 aromatic rings. The number of fused-ring (bicyclic) bond motifs is 1. The molecular weight excluding hydrogens is 388 g/mol. The Labute approximate surface area is 174 Å². The Morgan fingerprint density at radius 1 is 1.24 bits per heavy atom. The van der Waals surface area contributed by atoms with Crippen molar-refractivity contribution in [2.75, 3.05) is 20.3 Å². The lowest BCUT2D eigenvalue weighted by molar-refractivity contribution is -0.142. The summed E-state index contributed by atoms with van der Waals surface area (Å²) in [5.41, 5.74) is 3.37. The van der Waals surface area contributed by atoms with Crippen LogP contribution in [0.3, 0.4) is 0 Å². The van der Waals surface area contributed by atoms with Crippen LogP contribution in [-0.4, -0.2) is 41.6 Å². The molecule has 154 valence electrons. The van der Waals surface area contributed by atoms with Crippen molar-refractivity contribution in [3.8, 4) is 0 Å². The monoisotopic (exact) mass is 414 g/mol. The first-order chi connectivity index (χ1) is 13.9. The summed E-state index contributed by atoms with van der Waals surface area (Å²) in [6, 6.07) is 9.85. The second-order valence-electron chi connectivity index (χ2n) is 7.12. The van der Waals surface area contributed by atoms with Crippen LogP contribution >= 0.6 is 11.3 Å². The number of Topliss-reactive ketones (excluding diaryl/α,β-unsaturated/α-hetero) is 1. The third-order valence-electron chi connectivity index (χ3n) is 4.88. The second-order valence-corrected chi connectivity index (χ2v) is 8.23. The number of para-hydroxylation sites is 1. The number of carbonyl (C=O) groups excluding carboxylic acids is 2. The number of ether oxygens (including phenoxy) is 2. The molecule has 3 rings (SSSR count). The highest BCUT2D eigenvalue weighted by Crippen LogP contribution is 2.23. The first-order valence-corrected chi connectivity index (χ1v) is 10.4. The first kappa shape index (κ1) is 21.2. The maximum absolute atomic E-state index is 12.6. The number of hydrogen-bond acceptors (Lipinski definition) is 6. The molecule has 1 aromatic carbocycles. The molecule has 29 heavy (non-hydrogen) atoms. The van der Waals surface area contributed by atoms with Crippen molar-refractivity contribution in [1.29, 1.82) is 0 Å². The molecule has 0 aliphatic carbocycles. The molecule has 0 saturated heterocycles. The van der Waals surface area contributed by atoms with Crippen molar-refractivity contribution < 1.29 is 19.1 Å². The van der Waals surface area contributed by atoms with E-state index >= 15 is 0 Å². The quantitative estimate of drug-likeness (QED) is 0.386. The van der Waals surface area contributed by atoms with Gasteiger partial charge in [0.05, 0.1) is 34.3 Å². The van der Waals surface area contributed by atoms with Gasteiger partial charge < -0.3 is 14.0 Å². The van der Waals surface area contributed by atoms with Gasteiger partial charge in [0, 0.05) is 30.5 Å². The van der Waals surface area contributed by atoms with Gasteiger partial charge in [0.15, 0.2) is 6.61 Å². The fourth-order valence-corrected chi connectivity index (χ4v) is 4.55. The van der Waals surface area contributed by atoms with E-state index in [1.165, 1.54) is 0 Å². The van der Waals surface area contributed by atoms with E-state index in [-0.39, 0.29) is 30.8 Å². The van der Waals surface area contributed by atoms with E-state index in [9.17, 15) is 9.59 Å². The summed E-state index contributed by atoms with van der Waals surface area (Å²) >= 11 is 1.57. The number of carbonyl (C=O) groups is 2. The summed E-state index contributed by atoms with van der Waals surface area (Å²) in [5.74, 6) is -0.582. The summed E-state index contributed by atoms with van der Waals surface area (Å²) in [7, 11) is 1.66. The molecule has 0 saturated carbocycles. The number of benzene rings is 1. The van der Waals surface area contributed by atoms with Gasteiger partial charge in [-0.05, 0) is 39.0 Å². The highest BCUT2D eigenvalue weighted by molar-refractivity contribution is 7.18. The predicted molar refractivity (Wildman–Crippen MR) is 114 cm³/mol. The molecule has 7 heteroatoms. The van der Waals surface area contributed by atoms with Crippen LogP contribution in [0.1, 0.15) is 46.1 Å². The minimum Gasteiger partial charge on any atom is -0.457 e. The number of ketones is 1. The number of methoxy groups -OCH3 is 1. The van der Waals surface area contributed by atoms with E-state index < -0.39 is 0 Å². The molecule has 0 N–H and O–H groups in total. The lowest BCUT2D eigenvalue weighted by Gasteiger charge is -2.17. The maximum atomic E-state index is 12.6. The van der Waals surface area contributed by atoms with E-state index in [1.807, 2.05) is 51.1 Å². The number of esters is 1. The van der Waals surface area contributed by atoms with E-state index in [0.717, 1.165) is 26.6 Å². The van der Waals surface area contributed by atoms with Crippen LogP contribution < -0.4 is 0 Å². The molecule has 0 aliphatic heterocycles. The van der Waals surface area contributed by atoms with Crippen LogP contribution in [0.5, 0.6) is 0 Å². The molecule has 0 fully saturated rings. The Bertz CT molecular complexity index is 988. The summed E-state index contributed by atoms with van der Waals surface area (Å²) < 4.78 is 13.6. The van der Waals surface area contributed by atoms with Crippen molar-refractivity contribution >= 4 is 33.3 Å². The lowest BCUT2D eigenvalue weighted by Crippen LogP contribution is -2.17. The third-order valence-corrected chi connectivity index (χ3v) is 5.97. The number of hydrogen-bond donors (Lipinski definition) is 0. The van der Waals surface area contributed by atoms with Gasteiger partial charge in [-0.25, -0.2) is 4.98 Å². The maximum Gasteiger partial charge on any atom is 0.306 e. The van der Waals surface area contributed by atoms with Crippen LogP contribution in [0.15, 0.2) is 30.3 Å². The number of aromatic nitrogens is 2. The summed E-state index contributed by atoms with van der Waals surface area (Å²) in [6.45, 7) is 6.22. The number of nitrogens with zero attached hydrogens (tertiary/aromatic N) is 2. The molecular formula is C22H26N2O4S. The van der Waals surface area contributed by atoms with Crippen LogP contribution in [0.25, 0.3) is 10.2 Å². The zero-order valence-electron chi connectivity index (χ0n) is 17.2. The topological polar surface area (TPSA) is 70.4 Å². The second kappa shape index (κ2) is 9.33. The highest BCUT2D eigenvalue weighted by atomic mass is 32.1. The van der Waals surface area contributed by atoms with Gasteiger partial charge in [-0.15, -0.1) is 11.3 Å². The number of thiazole rings is 1. The molecule has 0 bridgehead atoms. The Morgan fingerprint density at radius 2 is 2.00 bits per heavy atom. The zero-order chi connectivity index (χ0) is 21.0. The summed E-state index contributed by atoms with van der Waals surface area (Å²) in [6.07, 6.45) is 0.715. The third kappa shape index (κ3) is 4.92. The molecule has 0 spiro atoms. The van der Waals surface area contributed by atoms with Gasteiger partial charge in [-0.2, -0.15) is 0 Å². The highest BCUT2D eigenvalue weighted by Gasteiger charge is 2.20. The fourth-order valence-electron chi connectivity index (χ4n) is 3.59. The molecule has 0 amide bonds. The molecule has 0 radical (unpaired) electrons.